The second-order valence-electron chi connectivity index (χ2n) is 6.63. The van der Waals surface area contributed by atoms with E-state index in [9.17, 15) is 4.79 Å². The van der Waals surface area contributed by atoms with Crippen LogP contribution in [0.4, 0.5) is 0 Å². The number of hydrogen-bond acceptors (Lipinski definition) is 5. The molecule has 0 N–H and O–H groups in total. The summed E-state index contributed by atoms with van der Waals surface area (Å²) in [5.74, 6) is 0.832. The first-order valence-corrected chi connectivity index (χ1v) is 10.4. The summed E-state index contributed by atoms with van der Waals surface area (Å²) in [6.45, 7) is 9.25. The summed E-state index contributed by atoms with van der Waals surface area (Å²) in [5, 5.41) is 3.04. The minimum atomic E-state index is 0.0675. The van der Waals surface area contributed by atoms with Crippen molar-refractivity contribution in [1.29, 1.82) is 0 Å². The molecular formula is C21H27N3O2S. The number of aromatic nitrogens is 1. The number of carbonyl (C=O) groups is 1. The molecule has 144 valence electrons. The van der Waals surface area contributed by atoms with Crippen LogP contribution in [0.2, 0.25) is 0 Å². The Hall–Kier alpha value is -2.18. The molecule has 1 aliphatic heterocycles. The first-order valence-electron chi connectivity index (χ1n) is 9.48. The number of para-hydroxylation sites is 1. The molecule has 1 amide bonds. The molecule has 3 rings (SSSR count). The fraction of sp³-hybridized carbons (Fsp3) is 0.429. The first-order chi connectivity index (χ1) is 13.2. The second-order valence-corrected chi connectivity index (χ2v) is 7.69. The Bertz CT molecular complexity index is 787. The minimum absolute atomic E-state index is 0.0675. The lowest BCUT2D eigenvalue weighted by molar-refractivity contribution is -0.125. The number of ether oxygens (including phenoxy) is 1. The highest BCUT2D eigenvalue weighted by Crippen LogP contribution is 2.21. The maximum absolute atomic E-state index is 12.6. The van der Waals surface area contributed by atoms with Crippen LogP contribution in [0.1, 0.15) is 29.6 Å². The lowest BCUT2D eigenvalue weighted by Crippen LogP contribution is -2.34. The number of thiazole rings is 1. The van der Waals surface area contributed by atoms with Crippen LogP contribution in [-0.4, -0.2) is 53.4 Å². The summed E-state index contributed by atoms with van der Waals surface area (Å²) >= 11 is 1.62. The Balaban J connectivity index is 1.61. The summed E-state index contributed by atoms with van der Waals surface area (Å²) in [6.07, 6.45) is 4.55. The molecule has 6 heteroatoms. The van der Waals surface area contributed by atoms with Crippen LogP contribution < -0.4 is 4.74 Å². The highest BCUT2D eigenvalue weighted by atomic mass is 32.1. The maximum atomic E-state index is 12.6. The van der Waals surface area contributed by atoms with Crippen LogP contribution in [0.25, 0.3) is 6.08 Å². The Labute approximate surface area is 165 Å². The number of likely N-dealkylation sites (N-methyl/N-ethyl adjacent to an activating group) is 1. The van der Waals surface area contributed by atoms with Gasteiger partial charge in [0, 0.05) is 36.7 Å². The van der Waals surface area contributed by atoms with Crippen LogP contribution in [0, 0.1) is 6.92 Å². The molecule has 0 radical (unpaired) electrons. The number of aryl methyl sites for hydroxylation is 1. The molecule has 0 saturated carbocycles. The Morgan fingerprint density at radius 1 is 1.26 bits per heavy atom. The largest absolute Gasteiger partial charge is 0.487 e. The fourth-order valence-corrected chi connectivity index (χ4v) is 3.75. The van der Waals surface area contributed by atoms with Crippen LogP contribution in [0.3, 0.4) is 0 Å². The van der Waals surface area contributed by atoms with Crippen molar-refractivity contribution < 1.29 is 9.53 Å². The average molecular weight is 386 g/mol. The van der Waals surface area contributed by atoms with E-state index in [1.807, 2.05) is 47.5 Å². The first kappa shape index (κ1) is 19.6. The normalized spacial score (nSPS) is 15.9. The van der Waals surface area contributed by atoms with Gasteiger partial charge in [-0.25, -0.2) is 4.98 Å². The van der Waals surface area contributed by atoms with E-state index in [1.54, 1.807) is 17.4 Å². The van der Waals surface area contributed by atoms with Gasteiger partial charge in [0.05, 0.1) is 10.7 Å². The fourth-order valence-electron chi connectivity index (χ4n) is 3.15. The van der Waals surface area contributed by atoms with Crippen molar-refractivity contribution >= 4 is 23.3 Å². The van der Waals surface area contributed by atoms with E-state index < -0.39 is 0 Å². The van der Waals surface area contributed by atoms with Crippen LogP contribution in [0.15, 0.2) is 35.7 Å². The number of benzene rings is 1. The van der Waals surface area contributed by atoms with Crippen LogP contribution >= 0.6 is 11.3 Å². The van der Waals surface area contributed by atoms with Gasteiger partial charge in [-0.2, -0.15) is 0 Å². The van der Waals surface area contributed by atoms with Gasteiger partial charge < -0.3 is 14.5 Å². The minimum Gasteiger partial charge on any atom is -0.487 e. The van der Waals surface area contributed by atoms with E-state index >= 15 is 0 Å². The van der Waals surface area contributed by atoms with E-state index in [-0.39, 0.29) is 5.91 Å². The number of carbonyl (C=O) groups excluding carboxylic acids is 1. The molecule has 0 bridgehead atoms. The van der Waals surface area contributed by atoms with Crippen molar-refractivity contribution in [3.05, 3.63) is 52.0 Å². The van der Waals surface area contributed by atoms with E-state index in [0.29, 0.717) is 6.61 Å². The molecule has 0 atom stereocenters. The average Bonchev–Trinajstić information content (AvgIpc) is 2.96. The monoisotopic (exact) mass is 385 g/mol. The number of rotatable bonds is 6. The smallest absolute Gasteiger partial charge is 0.246 e. The number of amides is 1. The van der Waals surface area contributed by atoms with Gasteiger partial charge in [-0.05, 0) is 38.6 Å². The van der Waals surface area contributed by atoms with Gasteiger partial charge in [0.1, 0.15) is 12.4 Å². The van der Waals surface area contributed by atoms with Gasteiger partial charge in [0.15, 0.2) is 0 Å². The molecule has 0 spiro atoms. The van der Waals surface area contributed by atoms with Crippen molar-refractivity contribution in [3.8, 4) is 5.75 Å². The Morgan fingerprint density at radius 2 is 2.11 bits per heavy atom. The summed E-state index contributed by atoms with van der Waals surface area (Å²) in [4.78, 5) is 21.3. The van der Waals surface area contributed by atoms with Crippen molar-refractivity contribution in [3.63, 3.8) is 0 Å². The molecule has 1 fully saturated rings. The highest BCUT2D eigenvalue weighted by molar-refractivity contribution is 7.09. The zero-order valence-electron chi connectivity index (χ0n) is 16.1. The lowest BCUT2D eigenvalue weighted by atomic mass is 10.2. The second kappa shape index (κ2) is 9.67. The predicted molar refractivity (Wildman–Crippen MR) is 110 cm³/mol. The number of hydrogen-bond donors (Lipinski definition) is 0. The Kier molecular flexibility index (Phi) is 7.01. The number of nitrogens with zero attached hydrogens (tertiary/aromatic N) is 3. The molecule has 1 aromatic carbocycles. The zero-order valence-corrected chi connectivity index (χ0v) is 16.9. The summed E-state index contributed by atoms with van der Waals surface area (Å²) < 4.78 is 5.92. The van der Waals surface area contributed by atoms with Crippen molar-refractivity contribution in [1.82, 2.24) is 14.8 Å². The Morgan fingerprint density at radius 3 is 2.89 bits per heavy atom. The molecular weight excluding hydrogens is 358 g/mol. The third-order valence-electron chi connectivity index (χ3n) is 4.71. The molecule has 27 heavy (non-hydrogen) atoms. The van der Waals surface area contributed by atoms with Crippen molar-refractivity contribution in [2.75, 3.05) is 32.7 Å². The van der Waals surface area contributed by atoms with Gasteiger partial charge in [-0.1, -0.05) is 25.1 Å². The van der Waals surface area contributed by atoms with Crippen LogP contribution in [-0.2, 0) is 11.4 Å². The van der Waals surface area contributed by atoms with E-state index in [4.69, 9.17) is 4.74 Å². The SMILES string of the molecule is CCN1CCCN(C(=O)/C=C/c2ccccc2OCc2csc(C)n2)CC1. The van der Waals surface area contributed by atoms with Crippen molar-refractivity contribution in [2.24, 2.45) is 0 Å². The topological polar surface area (TPSA) is 45.7 Å². The van der Waals surface area contributed by atoms with Gasteiger partial charge >= 0.3 is 0 Å². The van der Waals surface area contributed by atoms with Gasteiger partial charge in [0.2, 0.25) is 5.91 Å². The van der Waals surface area contributed by atoms with Gasteiger partial charge in [0.25, 0.3) is 0 Å². The molecule has 2 heterocycles. The van der Waals surface area contributed by atoms with Crippen LogP contribution in [0.5, 0.6) is 5.75 Å². The quantitative estimate of drug-likeness (QED) is 0.713. The highest BCUT2D eigenvalue weighted by Gasteiger charge is 2.16. The maximum Gasteiger partial charge on any atom is 0.246 e. The molecule has 2 aromatic rings. The predicted octanol–water partition coefficient (Wildman–Crippen LogP) is 3.60. The third-order valence-corrected chi connectivity index (χ3v) is 5.54. The van der Waals surface area contributed by atoms with E-state index in [2.05, 4.69) is 16.8 Å². The molecule has 0 aliphatic carbocycles. The molecule has 1 aromatic heterocycles. The standard InChI is InChI=1S/C21H27N3O2S/c1-3-23-11-6-12-24(14-13-23)21(25)10-9-18-7-4-5-8-20(18)26-15-19-16-27-17(2)22-19/h4-5,7-10,16H,3,6,11-15H2,1-2H3/b10-9+. The molecule has 1 saturated heterocycles. The summed E-state index contributed by atoms with van der Waals surface area (Å²) in [5.41, 5.74) is 1.83. The molecule has 1 aliphatic rings. The van der Waals surface area contributed by atoms with Gasteiger partial charge in [-0.15, -0.1) is 11.3 Å². The molecule has 5 nitrogen and oxygen atoms in total. The summed E-state index contributed by atoms with van der Waals surface area (Å²) in [6, 6.07) is 7.78. The molecule has 0 unspecified atom stereocenters. The van der Waals surface area contributed by atoms with Gasteiger partial charge in [-0.3, -0.25) is 4.79 Å². The third kappa shape index (κ3) is 5.65. The summed E-state index contributed by atoms with van der Waals surface area (Å²) in [7, 11) is 0. The van der Waals surface area contributed by atoms with Crippen molar-refractivity contribution in [2.45, 2.75) is 26.9 Å². The lowest BCUT2D eigenvalue weighted by Gasteiger charge is -2.19. The van der Waals surface area contributed by atoms with E-state index in [0.717, 1.165) is 61.2 Å². The van der Waals surface area contributed by atoms with E-state index in [1.165, 1.54) is 0 Å². The zero-order chi connectivity index (χ0) is 19.1.